The van der Waals surface area contributed by atoms with E-state index in [4.69, 9.17) is 4.74 Å². The molecule has 0 aromatic heterocycles. The van der Waals surface area contributed by atoms with Gasteiger partial charge in [0.2, 0.25) is 0 Å². The number of nitrogens with one attached hydrogen (secondary N) is 2. The van der Waals surface area contributed by atoms with Crippen LogP contribution in [0.25, 0.3) is 0 Å². The third kappa shape index (κ3) is 9.22. The molecule has 1 rings (SSSR count). The number of alkyl halides is 3. The summed E-state index contributed by atoms with van der Waals surface area (Å²) in [6, 6.07) is 6.53. The molecule has 0 aliphatic carbocycles. The topological polar surface area (TPSA) is 45.7 Å². The van der Waals surface area contributed by atoms with Gasteiger partial charge in [0.1, 0.15) is 5.75 Å². The average Bonchev–Trinajstić information content (AvgIpc) is 2.50. The summed E-state index contributed by atoms with van der Waals surface area (Å²) in [6.45, 7) is 2.56. The molecule has 1 aromatic rings. The smallest absolute Gasteiger partial charge is 0.422 e. The van der Waals surface area contributed by atoms with Crippen LogP contribution in [0.1, 0.15) is 12.5 Å². The third-order valence-corrected chi connectivity index (χ3v) is 3.28. The van der Waals surface area contributed by atoms with Crippen LogP contribution in [0, 0.1) is 0 Å². The van der Waals surface area contributed by atoms with Gasteiger partial charge in [-0.1, -0.05) is 12.1 Å². The number of hydrogen-bond acceptors (Lipinski definition) is 3. The number of guanidine groups is 1. The number of aliphatic imine (C=N–C) groups is 1. The van der Waals surface area contributed by atoms with Crippen molar-refractivity contribution in [3.8, 4) is 5.75 Å². The van der Waals surface area contributed by atoms with Crippen LogP contribution in [0.2, 0.25) is 0 Å². The van der Waals surface area contributed by atoms with E-state index in [0.717, 1.165) is 24.4 Å². The molecule has 0 heterocycles. The monoisotopic (exact) mass is 349 g/mol. The van der Waals surface area contributed by atoms with Crippen LogP contribution in [-0.2, 0) is 6.54 Å². The minimum absolute atomic E-state index is 0.190. The van der Waals surface area contributed by atoms with E-state index in [1.54, 1.807) is 30.0 Å². The number of hydrogen-bond donors (Lipinski definition) is 2. The molecule has 0 bridgehead atoms. The lowest BCUT2D eigenvalue weighted by Gasteiger charge is -2.11. The number of halogens is 3. The minimum Gasteiger partial charge on any atom is -0.484 e. The Morgan fingerprint density at radius 2 is 2.09 bits per heavy atom. The molecule has 0 saturated carbocycles. The zero-order chi connectivity index (χ0) is 17.1. The van der Waals surface area contributed by atoms with Crippen molar-refractivity contribution < 1.29 is 17.9 Å². The quantitative estimate of drug-likeness (QED) is 0.430. The molecule has 0 radical (unpaired) electrons. The van der Waals surface area contributed by atoms with Crippen molar-refractivity contribution in [2.24, 2.45) is 4.99 Å². The van der Waals surface area contributed by atoms with E-state index in [1.807, 2.05) is 13.2 Å². The van der Waals surface area contributed by atoms with Crippen LogP contribution in [0.3, 0.4) is 0 Å². The summed E-state index contributed by atoms with van der Waals surface area (Å²) in [4.78, 5) is 4.41. The first kappa shape index (κ1) is 19.5. The molecule has 0 aliphatic heterocycles. The van der Waals surface area contributed by atoms with E-state index in [0.29, 0.717) is 12.5 Å². The van der Waals surface area contributed by atoms with Crippen molar-refractivity contribution in [1.29, 1.82) is 0 Å². The molecule has 1 aromatic carbocycles. The van der Waals surface area contributed by atoms with Crippen LogP contribution in [0.15, 0.2) is 29.3 Å². The fourth-order valence-corrected chi connectivity index (χ4v) is 1.99. The molecule has 0 unspecified atom stereocenters. The van der Waals surface area contributed by atoms with E-state index in [1.165, 1.54) is 6.07 Å². The molecule has 2 N–H and O–H groups in total. The Balaban J connectivity index is 2.61. The van der Waals surface area contributed by atoms with Gasteiger partial charge < -0.3 is 15.4 Å². The van der Waals surface area contributed by atoms with Crippen LogP contribution in [0.4, 0.5) is 13.2 Å². The van der Waals surface area contributed by atoms with Gasteiger partial charge in [-0.15, -0.1) is 0 Å². The van der Waals surface area contributed by atoms with Gasteiger partial charge in [-0.25, -0.2) is 4.99 Å². The van der Waals surface area contributed by atoms with Gasteiger partial charge in [0.25, 0.3) is 0 Å². The highest BCUT2D eigenvalue weighted by atomic mass is 32.2. The second-order valence-electron chi connectivity index (χ2n) is 4.67. The number of rotatable bonds is 8. The largest absolute Gasteiger partial charge is 0.484 e. The van der Waals surface area contributed by atoms with Gasteiger partial charge in [-0.3, -0.25) is 0 Å². The lowest BCUT2D eigenvalue weighted by molar-refractivity contribution is -0.153. The predicted molar refractivity (Wildman–Crippen MR) is 89.2 cm³/mol. The van der Waals surface area contributed by atoms with E-state index < -0.39 is 12.8 Å². The van der Waals surface area contributed by atoms with Gasteiger partial charge in [0.15, 0.2) is 12.6 Å². The highest BCUT2D eigenvalue weighted by Crippen LogP contribution is 2.19. The van der Waals surface area contributed by atoms with Crippen LogP contribution in [0.5, 0.6) is 5.75 Å². The molecule has 4 nitrogen and oxygen atoms in total. The molecule has 0 aliphatic rings. The van der Waals surface area contributed by atoms with Gasteiger partial charge in [-0.2, -0.15) is 24.9 Å². The molecule has 8 heteroatoms. The molecular formula is C15H22F3N3OS. The first-order valence-electron chi connectivity index (χ1n) is 7.24. The number of ether oxygens (including phenoxy) is 1. The molecule has 0 spiro atoms. The molecule has 130 valence electrons. The SMILES string of the molecule is CCNC(=NCc1cccc(OCC(F)(F)F)c1)NCCSC. The Hall–Kier alpha value is -1.57. The molecule has 23 heavy (non-hydrogen) atoms. The van der Waals surface area contributed by atoms with E-state index in [2.05, 4.69) is 15.6 Å². The Morgan fingerprint density at radius 3 is 2.74 bits per heavy atom. The predicted octanol–water partition coefficient (Wildman–Crippen LogP) is 3.05. The molecule has 0 amide bonds. The first-order valence-corrected chi connectivity index (χ1v) is 8.63. The Kier molecular flexibility index (Phi) is 8.68. The summed E-state index contributed by atoms with van der Waals surface area (Å²) in [6.07, 6.45) is -2.31. The maximum atomic E-state index is 12.2. The number of nitrogens with zero attached hydrogens (tertiary/aromatic N) is 1. The lowest BCUT2D eigenvalue weighted by atomic mass is 10.2. The maximum Gasteiger partial charge on any atom is 0.422 e. The normalized spacial score (nSPS) is 12.1. The molecule has 0 saturated heterocycles. The average molecular weight is 349 g/mol. The lowest BCUT2D eigenvalue weighted by Crippen LogP contribution is -2.38. The minimum atomic E-state index is -4.34. The second-order valence-corrected chi connectivity index (χ2v) is 5.65. The second kappa shape index (κ2) is 10.3. The summed E-state index contributed by atoms with van der Waals surface area (Å²) < 4.78 is 41.2. The highest BCUT2D eigenvalue weighted by Gasteiger charge is 2.28. The van der Waals surface area contributed by atoms with Crippen molar-refractivity contribution in [1.82, 2.24) is 10.6 Å². The van der Waals surface area contributed by atoms with Crippen molar-refractivity contribution in [2.45, 2.75) is 19.6 Å². The summed E-state index contributed by atoms with van der Waals surface area (Å²) in [5.74, 6) is 1.84. The van der Waals surface area contributed by atoms with Crippen molar-refractivity contribution in [2.75, 3.05) is 31.7 Å². The molecular weight excluding hydrogens is 327 g/mol. The standard InChI is InChI=1S/C15H22F3N3OS/c1-3-19-14(20-7-8-23-2)21-10-12-5-4-6-13(9-12)22-11-15(16,17)18/h4-6,9H,3,7-8,10-11H2,1-2H3,(H2,19,20,21). The summed E-state index contributed by atoms with van der Waals surface area (Å²) in [5, 5.41) is 6.31. The Morgan fingerprint density at radius 1 is 1.30 bits per heavy atom. The zero-order valence-corrected chi connectivity index (χ0v) is 14.1. The summed E-state index contributed by atoms with van der Waals surface area (Å²) in [5.41, 5.74) is 0.784. The van der Waals surface area contributed by atoms with Crippen molar-refractivity contribution in [3.05, 3.63) is 29.8 Å². The number of benzene rings is 1. The Bertz CT molecular complexity index is 495. The van der Waals surface area contributed by atoms with Gasteiger partial charge in [-0.05, 0) is 30.9 Å². The fourth-order valence-electron chi connectivity index (χ4n) is 1.68. The fraction of sp³-hybridized carbons (Fsp3) is 0.533. The van der Waals surface area contributed by atoms with Gasteiger partial charge >= 0.3 is 6.18 Å². The third-order valence-electron chi connectivity index (χ3n) is 2.66. The van der Waals surface area contributed by atoms with E-state index >= 15 is 0 Å². The summed E-state index contributed by atoms with van der Waals surface area (Å²) in [7, 11) is 0. The highest BCUT2D eigenvalue weighted by molar-refractivity contribution is 7.98. The first-order chi connectivity index (χ1) is 10.9. The van der Waals surface area contributed by atoms with E-state index in [-0.39, 0.29) is 5.75 Å². The van der Waals surface area contributed by atoms with Crippen LogP contribution < -0.4 is 15.4 Å². The number of thioether (sulfide) groups is 1. The van der Waals surface area contributed by atoms with Crippen LogP contribution in [-0.4, -0.2) is 43.8 Å². The van der Waals surface area contributed by atoms with Crippen molar-refractivity contribution >= 4 is 17.7 Å². The van der Waals surface area contributed by atoms with Gasteiger partial charge in [0, 0.05) is 18.8 Å². The maximum absolute atomic E-state index is 12.2. The van der Waals surface area contributed by atoms with Crippen molar-refractivity contribution in [3.63, 3.8) is 0 Å². The van der Waals surface area contributed by atoms with Crippen LogP contribution >= 0.6 is 11.8 Å². The Labute approximate surface area is 138 Å². The van der Waals surface area contributed by atoms with E-state index in [9.17, 15) is 13.2 Å². The van der Waals surface area contributed by atoms with Gasteiger partial charge in [0.05, 0.1) is 6.54 Å². The summed E-state index contributed by atoms with van der Waals surface area (Å²) >= 11 is 1.73. The molecule has 0 fully saturated rings. The molecule has 0 atom stereocenters. The zero-order valence-electron chi connectivity index (χ0n) is 13.2.